The van der Waals surface area contributed by atoms with E-state index < -0.39 is 11.8 Å². The number of hydrogen-bond acceptors (Lipinski definition) is 3. The van der Waals surface area contributed by atoms with Gasteiger partial charge in [0.1, 0.15) is 11.9 Å². The van der Waals surface area contributed by atoms with Crippen molar-refractivity contribution in [3.63, 3.8) is 0 Å². The maximum atomic E-state index is 13.3. The van der Waals surface area contributed by atoms with Crippen molar-refractivity contribution in [1.82, 2.24) is 4.90 Å². The zero-order chi connectivity index (χ0) is 16.7. The maximum absolute atomic E-state index is 13.3. The summed E-state index contributed by atoms with van der Waals surface area (Å²) >= 11 is 0. The molecule has 0 saturated heterocycles. The fourth-order valence-corrected chi connectivity index (χ4v) is 2.07. The first-order valence-corrected chi connectivity index (χ1v) is 7.04. The minimum Gasteiger partial charge on any atom is -0.395 e. The van der Waals surface area contributed by atoms with Gasteiger partial charge in [-0.3, -0.25) is 0 Å². The van der Waals surface area contributed by atoms with Gasteiger partial charge in [-0.25, -0.2) is 9.18 Å². The van der Waals surface area contributed by atoms with E-state index in [2.05, 4.69) is 5.32 Å². The molecular weight excluding hydrogens is 297 g/mol. The Hall–Kier alpha value is -2.91. The number of carbonyl (C=O) groups excluding carboxylic acids is 1. The van der Waals surface area contributed by atoms with Crippen LogP contribution in [0.1, 0.15) is 11.1 Å². The zero-order valence-corrected chi connectivity index (χ0v) is 12.4. The Bertz CT molecular complexity index is 714. The number of amides is 2. The van der Waals surface area contributed by atoms with E-state index in [9.17, 15) is 9.18 Å². The molecule has 0 heterocycles. The van der Waals surface area contributed by atoms with Gasteiger partial charge in [-0.15, -0.1) is 0 Å². The number of carbonyl (C=O) groups is 1. The smallest absolute Gasteiger partial charge is 0.322 e. The van der Waals surface area contributed by atoms with Crippen molar-refractivity contribution >= 4 is 11.7 Å². The van der Waals surface area contributed by atoms with Gasteiger partial charge in [0.2, 0.25) is 0 Å². The number of aliphatic hydroxyl groups is 1. The third-order valence-corrected chi connectivity index (χ3v) is 3.21. The van der Waals surface area contributed by atoms with E-state index in [4.69, 9.17) is 10.4 Å². The lowest BCUT2D eigenvalue weighted by atomic mass is 10.2. The summed E-state index contributed by atoms with van der Waals surface area (Å²) in [6.45, 7) is 0.319. The molecule has 2 aromatic carbocycles. The average molecular weight is 313 g/mol. The highest BCUT2D eigenvalue weighted by Gasteiger charge is 2.14. The molecule has 0 unspecified atom stereocenters. The van der Waals surface area contributed by atoms with Crippen molar-refractivity contribution in [1.29, 1.82) is 5.26 Å². The SMILES string of the molecule is N#Cc1cc(NC(=O)N(CCO)Cc2ccccc2)ccc1F. The normalized spacial score (nSPS) is 9.96. The molecule has 0 aliphatic carbocycles. The highest BCUT2D eigenvalue weighted by molar-refractivity contribution is 5.89. The van der Waals surface area contributed by atoms with Crippen LogP contribution in [0.15, 0.2) is 48.5 Å². The van der Waals surface area contributed by atoms with Crippen LogP contribution in [-0.2, 0) is 6.54 Å². The van der Waals surface area contributed by atoms with Gasteiger partial charge in [0, 0.05) is 18.8 Å². The summed E-state index contributed by atoms with van der Waals surface area (Å²) in [6, 6.07) is 14.4. The van der Waals surface area contributed by atoms with E-state index in [0.717, 1.165) is 11.6 Å². The van der Waals surface area contributed by atoms with Crippen LogP contribution in [-0.4, -0.2) is 29.2 Å². The monoisotopic (exact) mass is 313 g/mol. The molecule has 6 heteroatoms. The van der Waals surface area contributed by atoms with Crippen LogP contribution in [0.2, 0.25) is 0 Å². The average Bonchev–Trinajstić information content (AvgIpc) is 2.57. The fourth-order valence-electron chi connectivity index (χ4n) is 2.07. The standard InChI is InChI=1S/C17H16FN3O2/c18-16-7-6-15(10-14(16)11-19)20-17(23)21(8-9-22)12-13-4-2-1-3-5-13/h1-7,10,22H,8-9,12H2,(H,20,23). The van der Waals surface area contributed by atoms with E-state index in [-0.39, 0.29) is 18.7 Å². The number of nitrogens with one attached hydrogen (secondary N) is 1. The van der Waals surface area contributed by atoms with Crippen LogP contribution in [0.5, 0.6) is 0 Å². The largest absolute Gasteiger partial charge is 0.395 e. The quantitative estimate of drug-likeness (QED) is 0.891. The second kappa shape index (κ2) is 7.92. The third-order valence-electron chi connectivity index (χ3n) is 3.21. The Balaban J connectivity index is 2.10. The fraction of sp³-hybridized carbons (Fsp3) is 0.176. The summed E-state index contributed by atoms with van der Waals surface area (Å²) in [5.41, 5.74) is 1.11. The number of halogens is 1. The highest BCUT2D eigenvalue weighted by atomic mass is 19.1. The number of nitrogens with zero attached hydrogens (tertiary/aromatic N) is 2. The molecule has 0 aliphatic rings. The number of hydrogen-bond donors (Lipinski definition) is 2. The van der Waals surface area contributed by atoms with E-state index in [1.54, 1.807) is 6.07 Å². The molecule has 0 fully saturated rings. The van der Waals surface area contributed by atoms with Crippen molar-refractivity contribution in [3.8, 4) is 6.07 Å². The van der Waals surface area contributed by atoms with Gasteiger partial charge in [-0.2, -0.15) is 5.26 Å². The molecular formula is C17H16FN3O2. The number of urea groups is 1. The Morgan fingerprint density at radius 3 is 2.65 bits per heavy atom. The van der Waals surface area contributed by atoms with Gasteiger partial charge >= 0.3 is 6.03 Å². The first-order valence-electron chi connectivity index (χ1n) is 7.04. The second-order valence-corrected chi connectivity index (χ2v) is 4.87. The molecule has 2 rings (SSSR count). The van der Waals surface area contributed by atoms with Crippen molar-refractivity contribution in [2.45, 2.75) is 6.54 Å². The lowest BCUT2D eigenvalue weighted by molar-refractivity contribution is 0.185. The number of anilines is 1. The minimum atomic E-state index is -0.637. The summed E-state index contributed by atoms with van der Waals surface area (Å²) in [5.74, 6) is -0.637. The van der Waals surface area contributed by atoms with Crippen molar-refractivity contribution < 1.29 is 14.3 Å². The molecule has 5 nitrogen and oxygen atoms in total. The minimum absolute atomic E-state index is 0.139. The Kier molecular flexibility index (Phi) is 5.67. The molecule has 2 N–H and O–H groups in total. The van der Waals surface area contributed by atoms with Gasteiger partial charge in [-0.1, -0.05) is 30.3 Å². The van der Waals surface area contributed by atoms with Crippen LogP contribution in [0.3, 0.4) is 0 Å². The van der Waals surface area contributed by atoms with Crippen molar-refractivity contribution in [3.05, 3.63) is 65.5 Å². The molecule has 23 heavy (non-hydrogen) atoms. The van der Waals surface area contributed by atoms with Gasteiger partial charge in [0.05, 0.1) is 12.2 Å². The molecule has 118 valence electrons. The number of benzene rings is 2. The van der Waals surface area contributed by atoms with Crippen LogP contribution in [0.4, 0.5) is 14.9 Å². The summed E-state index contributed by atoms with van der Waals surface area (Å²) in [6.07, 6.45) is 0. The van der Waals surface area contributed by atoms with Gasteiger partial charge in [-0.05, 0) is 23.8 Å². The first-order chi connectivity index (χ1) is 11.1. The van der Waals surface area contributed by atoms with Crippen LogP contribution in [0.25, 0.3) is 0 Å². The number of aliphatic hydroxyl groups excluding tert-OH is 1. The Morgan fingerprint density at radius 2 is 2.00 bits per heavy atom. The van der Waals surface area contributed by atoms with E-state index in [0.29, 0.717) is 12.2 Å². The summed E-state index contributed by atoms with van der Waals surface area (Å²) in [4.78, 5) is 13.8. The van der Waals surface area contributed by atoms with Crippen LogP contribution >= 0.6 is 0 Å². The number of nitriles is 1. The number of rotatable bonds is 5. The molecule has 0 aromatic heterocycles. The van der Waals surface area contributed by atoms with E-state index in [1.807, 2.05) is 30.3 Å². The van der Waals surface area contributed by atoms with E-state index in [1.165, 1.54) is 17.0 Å². The predicted molar refractivity (Wildman–Crippen MR) is 84.1 cm³/mol. The summed E-state index contributed by atoms with van der Waals surface area (Å²) in [5, 5.41) is 20.6. The lowest BCUT2D eigenvalue weighted by Gasteiger charge is -2.22. The second-order valence-electron chi connectivity index (χ2n) is 4.87. The van der Waals surface area contributed by atoms with Gasteiger partial charge in [0.25, 0.3) is 0 Å². The molecule has 0 aliphatic heterocycles. The van der Waals surface area contributed by atoms with Gasteiger partial charge < -0.3 is 15.3 Å². The summed E-state index contributed by atoms with van der Waals surface area (Å²) < 4.78 is 13.3. The first kappa shape index (κ1) is 16.5. The molecule has 2 amide bonds. The lowest BCUT2D eigenvalue weighted by Crippen LogP contribution is -2.36. The topological polar surface area (TPSA) is 76.4 Å². The molecule has 0 atom stereocenters. The van der Waals surface area contributed by atoms with Crippen LogP contribution in [0, 0.1) is 17.1 Å². The molecule has 0 saturated carbocycles. The molecule has 0 spiro atoms. The van der Waals surface area contributed by atoms with Gasteiger partial charge in [0.15, 0.2) is 0 Å². The van der Waals surface area contributed by atoms with Crippen LogP contribution < -0.4 is 5.32 Å². The predicted octanol–water partition coefficient (Wildman–Crippen LogP) is 2.72. The zero-order valence-electron chi connectivity index (χ0n) is 12.4. The third kappa shape index (κ3) is 4.53. The summed E-state index contributed by atoms with van der Waals surface area (Å²) in [7, 11) is 0. The maximum Gasteiger partial charge on any atom is 0.322 e. The molecule has 0 bridgehead atoms. The van der Waals surface area contributed by atoms with Crippen molar-refractivity contribution in [2.75, 3.05) is 18.5 Å². The highest BCUT2D eigenvalue weighted by Crippen LogP contribution is 2.15. The Morgan fingerprint density at radius 1 is 1.26 bits per heavy atom. The van der Waals surface area contributed by atoms with Crippen molar-refractivity contribution in [2.24, 2.45) is 0 Å². The molecule has 0 radical (unpaired) electrons. The Labute approximate surface area is 133 Å². The van der Waals surface area contributed by atoms with E-state index >= 15 is 0 Å². The molecule has 2 aromatic rings.